The molecule has 4 nitrogen and oxygen atoms in total. The molecule has 0 aliphatic heterocycles. The standard InChI is InChI=1S/C16H18N4/c1-3-9-20-14-8-7-11(2)10-13(14)19-16(20)12-5-4-6-15(17)18-12/h4-8,10H,3,9H2,1-2H3,(H2,17,18). The Morgan fingerprint density at radius 3 is 2.75 bits per heavy atom. The third-order valence-electron chi connectivity index (χ3n) is 3.35. The topological polar surface area (TPSA) is 56.7 Å². The Hall–Kier alpha value is -2.36. The van der Waals surface area contributed by atoms with Crippen molar-refractivity contribution in [2.24, 2.45) is 0 Å². The molecule has 3 rings (SSSR count). The smallest absolute Gasteiger partial charge is 0.159 e. The van der Waals surface area contributed by atoms with Crippen LogP contribution in [0.4, 0.5) is 5.82 Å². The minimum atomic E-state index is 0.522. The highest BCUT2D eigenvalue weighted by atomic mass is 15.1. The van der Waals surface area contributed by atoms with Crippen LogP contribution in [0.15, 0.2) is 36.4 Å². The first-order valence-electron chi connectivity index (χ1n) is 6.89. The Labute approximate surface area is 118 Å². The lowest BCUT2D eigenvalue weighted by molar-refractivity contribution is 0.702. The molecule has 0 unspecified atom stereocenters. The first-order valence-corrected chi connectivity index (χ1v) is 6.89. The van der Waals surface area contributed by atoms with Gasteiger partial charge in [0.2, 0.25) is 0 Å². The predicted octanol–water partition coefficient (Wildman–Crippen LogP) is 3.40. The molecule has 0 amide bonds. The molecule has 0 aliphatic carbocycles. The Balaban J connectivity index is 2.25. The Kier molecular flexibility index (Phi) is 3.14. The number of aromatic nitrogens is 3. The summed E-state index contributed by atoms with van der Waals surface area (Å²) < 4.78 is 2.22. The molecular weight excluding hydrogens is 248 g/mol. The second kappa shape index (κ2) is 4.96. The van der Waals surface area contributed by atoms with Gasteiger partial charge in [-0.1, -0.05) is 19.1 Å². The van der Waals surface area contributed by atoms with Gasteiger partial charge in [-0.3, -0.25) is 0 Å². The highest BCUT2D eigenvalue weighted by Gasteiger charge is 2.13. The zero-order valence-corrected chi connectivity index (χ0v) is 11.8. The highest BCUT2D eigenvalue weighted by Crippen LogP contribution is 2.25. The summed E-state index contributed by atoms with van der Waals surface area (Å²) in [6.45, 7) is 5.17. The minimum absolute atomic E-state index is 0.522. The fourth-order valence-electron chi connectivity index (χ4n) is 2.46. The van der Waals surface area contributed by atoms with Crippen LogP contribution in [0.1, 0.15) is 18.9 Å². The number of nitrogens with two attached hydrogens (primary N) is 1. The molecule has 0 aliphatic rings. The van der Waals surface area contributed by atoms with Crippen molar-refractivity contribution in [3.8, 4) is 11.5 Å². The monoisotopic (exact) mass is 266 g/mol. The summed E-state index contributed by atoms with van der Waals surface area (Å²) in [5.41, 5.74) is 9.99. The Morgan fingerprint density at radius 1 is 1.15 bits per heavy atom. The largest absolute Gasteiger partial charge is 0.384 e. The van der Waals surface area contributed by atoms with Crippen molar-refractivity contribution in [1.82, 2.24) is 14.5 Å². The molecular formula is C16H18N4. The Bertz CT molecular complexity index is 758. The first-order chi connectivity index (χ1) is 9.69. The molecule has 20 heavy (non-hydrogen) atoms. The quantitative estimate of drug-likeness (QED) is 0.790. The van der Waals surface area contributed by atoms with E-state index in [1.165, 1.54) is 5.56 Å². The van der Waals surface area contributed by atoms with Gasteiger partial charge in [-0.2, -0.15) is 0 Å². The fourth-order valence-corrected chi connectivity index (χ4v) is 2.46. The van der Waals surface area contributed by atoms with Crippen molar-refractivity contribution in [3.63, 3.8) is 0 Å². The number of imidazole rings is 1. The molecule has 0 radical (unpaired) electrons. The summed E-state index contributed by atoms with van der Waals surface area (Å²) in [6, 6.07) is 12.0. The van der Waals surface area contributed by atoms with Crippen LogP contribution in [0.25, 0.3) is 22.6 Å². The van der Waals surface area contributed by atoms with Crippen molar-refractivity contribution < 1.29 is 0 Å². The van der Waals surface area contributed by atoms with E-state index in [4.69, 9.17) is 10.7 Å². The molecule has 0 bridgehead atoms. The van der Waals surface area contributed by atoms with Gasteiger partial charge in [-0.25, -0.2) is 9.97 Å². The number of rotatable bonds is 3. The minimum Gasteiger partial charge on any atom is -0.384 e. The number of nitrogen functional groups attached to an aromatic ring is 1. The maximum absolute atomic E-state index is 5.79. The zero-order chi connectivity index (χ0) is 14.1. The van der Waals surface area contributed by atoms with Crippen LogP contribution in [0.2, 0.25) is 0 Å². The summed E-state index contributed by atoms with van der Waals surface area (Å²) in [5, 5.41) is 0. The number of pyridine rings is 1. The average molecular weight is 266 g/mol. The molecule has 102 valence electrons. The number of aryl methyl sites for hydroxylation is 2. The van der Waals surface area contributed by atoms with E-state index >= 15 is 0 Å². The Morgan fingerprint density at radius 2 is 2.00 bits per heavy atom. The van der Waals surface area contributed by atoms with E-state index < -0.39 is 0 Å². The van der Waals surface area contributed by atoms with Gasteiger partial charge in [0.05, 0.1) is 11.0 Å². The molecule has 0 fully saturated rings. The normalized spacial score (nSPS) is 11.1. The van der Waals surface area contributed by atoms with E-state index in [-0.39, 0.29) is 0 Å². The van der Waals surface area contributed by atoms with Crippen LogP contribution in [-0.4, -0.2) is 14.5 Å². The third kappa shape index (κ3) is 2.13. The van der Waals surface area contributed by atoms with Crippen LogP contribution >= 0.6 is 0 Å². The van der Waals surface area contributed by atoms with Crippen molar-refractivity contribution >= 4 is 16.9 Å². The molecule has 0 atom stereocenters. The van der Waals surface area contributed by atoms with Gasteiger partial charge in [0.1, 0.15) is 11.5 Å². The average Bonchev–Trinajstić information content (AvgIpc) is 2.77. The molecule has 1 aromatic carbocycles. The summed E-state index contributed by atoms with van der Waals surface area (Å²) in [6.07, 6.45) is 1.05. The van der Waals surface area contributed by atoms with Gasteiger partial charge < -0.3 is 10.3 Å². The molecule has 2 aromatic heterocycles. The lowest BCUT2D eigenvalue weighted by Crippen LogP contribution is -2.01. The zero-order valence-electron chi connectivity index (χ0n) is 11.8. The molecule has 0 saturated heterocycles. The van der Waals surface area contributed by atoms with Gasteiger partial charge >= 0.3 is 0 Å². The van der Waals surface area contributed by atoms with Crippen LogP contribution in [0.3, 0.4) is 0 Å². The van der Waals surface area contributed by atoms with Crippen LogP contribution < -0.4 is 5.73 Å². The number of hydrogen-bond acceptors (Lipinski definition) is 3. The lowest BCUT2D eigenvalue weighted by atomic mass is 10.2. The first kappa shape index (κ1) is 12.7. The second-order valence-electron chi connectivity index (χ2n) is 5.03. The summed E-state index contributed by atoms with van der Waals surface area (Å²) in [5.74, 6) is 1.41. The van der Waals surface area contributed by atoms with E-state index in [1.807, 2.05) is 12.1 Å². The van der Waals surface area contributed by atoms with Crippen LogP contribution in [-0.2, 0) is 6.54 Å². The van der Waals surface area contributed by atoms with Crippen molar-refractivity contribution in [2.45, 2.75) is 26.8 Å². The van der Waals surface area contributed by atoms with Gasteiger partial charge in [-0.15, -0.1) is 0 Å². The van der Waals surface area contributed by atoms with Crippen molar-refractivity contribution in [1.29, 1.82) is 0 Å². The predicted molar refractivity (Wildman–Crippen MR) is 82.4 cm³/mol. The fraction of sp³-hybridized carbons (Fsp3) is 0.250. The van der Waals surface area contributed by atoms with E-state index in [2.05, 4.69) is 41.6 Å². The molecule has 0 saturated carbocycles. The maximum atomic E-state index is 5.79. The highest BCUT2D eigenvalue weighted by molar-refractivity contribution is 5.80. The van der Waals surface area contributed by atoms with E-state index in [0.717, 1.165) is 35.5 Å². The van der Waals surface area contributed by atoms with Gasteiger partial charge in [0.15, 0.2) is 5.82 Å². The molecule has 2 N–H and O–H groups in total. The maximum Gasteiger partial charge on any atom is 0.159 e. The van der Waals surface area contributed by atoms with E-state index in [9.17, 15) is 0 Å². The van der Waals surface area contributed by atoms with Gasteiger partial charge in [0, 0.05) is 6.54 Å². The number of anilines is 1. The van der Waals surface area contributed by atoms with Gasteiger partial charge in [0.25, 0.3) is 0 Å². The molecule has 0 spiro atoms. The summed E-state index contributed by atoms with van der Waals surface area (Å²) >= 11 is 0. The number of hydrogen-bond donors (Lipinski definition) is 1. The third-order valence-corrected chi connectivity index (χ3v) is 3.35. The summed E-state index contributed by atoms with van der Waals surface area (Å²) in [4.78, 5) is 9.15. The van der Waals surface area contributed by atoms with E-state index in [1.54, 1.807) is 6.07 Å². The molecule has 2 heterocycles. The van der Waals surface area contributed by atoms with Crippen molar-refractivity contribution in [3.05, 3.63) is 42.0 Å². The number of fused-ring (bicyclic) bond motifs is 1. The van der Waals surface area contributed by atoms with Crippen molar-refractivity contribution in [2.75, 3.05) is 5.73 Å². The van der Waals surface area contributed by atoms with E-state index in [0.29, 0.717) is 5.82 Å². The molecule has 3 aromatic rings. The van der Waals surface area contributed by atoms with Gasteiger partial charge in [-0.05, 0) is 43.2 Å². The van der Waals surface area contributed by atoms with Crippen LogP contribution in [0.5, 0.6) is 0 Å². The number of nitrogens with zero attached hydrogens (tertiary/aromatic N) is 3. The SMILES string of the molecule is CCCn1c(-c2cccc(N)n2)nc2cc(C)ccc21. The van der Waals surface area contributed by atoms with Crippen LogP contribution in [0, 0.1) is 6.92 Å². The lowest BCUT2D eigenvalue weighted by Gasteiger charge is -2.07. The number of benzene rings is 1. The summed E-state index contributed by atoms with van der Waals surface area (Å²) in [7, 11) is 0. The molecule has 4 heteroatoms. The second-order valence-corrected chi connectivity index (χ2v) is 5.03.